The lowest BCUT2D eigenvalue weighted by molar-refractivity contribution is -0.392. The van der Waals surface area contributed by atoms with Gasteiger partial charge in [-0.15, -0.1) is 0 Å². The fourth-order valence-corrected chi connectivity index (χ4v) is 2.57. The SMILES string of the molecule is CCOC(=O)c1cc([N+](=O)[O-])c(N2CCN(C)CC2)c([N+](=O)[O-])c1. The van der Waals surface area contributed by atoms with Gasteiger partial charge < -0.3 is 14.5 Å². The largest absolute Gasteiger partial charge is 0.462 e. The van der Waals surface area contributed by atoms with E-state index in [-0.39, 0.29) is 17.9 Å². The minimum absolute atomic E-state index is 0.0638. The lowest BCUT2D eigenvalue weighted by atomic mass is 10.1. The number of carbonyl (C=O) groups excluding carboxylic acids is 1. The number of hydrogen-bond donors (Lipinski definition) is 0. The van der Waals surface area contributed by atoms with Gasteiger partial charge >= 0.3 is 17.3 Å². The molecule has 0 radical (unpaired) electrons. The Balaban J connectivity index is 2.57. The highest BCUT2D eigenvalue weighted by Crippen LogP contribution is 2.39. The number of nitrogens with zero attached hydrogens (tertiary/aromatic N) is 4. The monoisotopic (exact) mass is 338 g/mol. The van der Waals surface area contributed by atoms with Crippen molar-refractivity contribution in [2.45, 2.75) is 6.92 Å². The first-order valence-electron chi connectivity index (χ1n) is 7.42. The second kappa shape index (κ2) is 7.21. The molecule has 0 bridgehead atoms. The molecule has 0 aromatic heterocycles. The van der Waals surface area contributed by atoms with Crippen molar-refractivity contribution in [2.24, 2.45) is 0 Å². The van der Waals surface area contributed by atoms with E-state index in [1.54, 1.807) is 11.8 Å². The number of likely N-dealkylation sites (N-methyl/N-ethyl adjacent to an activating group) is 1. The lowest BCUT2D eigenvalue weighted by Crippen LogP contribution is -2.44. The minimum atomic E-state index is -0.825. The zero-order valence-corrected chi connectivity index (χ0v) is 13.4. The molecule has 0 spiro atoms. The number of nitro groups is 2. The molecule has 0 amide bonds. The van der Waals surface area contributed by atoms with Gasteiger partial charge in [0.15, 0.2) is 5.69 Å². The summed E-state index contributed by atoms with van der Waals surface area (Å²) < 4.78 is 4.79. The number of piperazine rings is 1. The Morgan fingerprint density at radius 2 is 1.62 bits per heavy atom. The van der Waals surface area contributed by atoms with E-state index in [2.05, 4.69) is 0 Å². The summed E-state index contributed by atoms with van der Waals surface area (Å²) in [5.41, 5.74) is -1.19. The quantitative estimate of drug-likeness (QED) is 0.449. The van der Waals surface area contributed by atoms with Crippen LogP contribution in [0.25, 0.3) is 0 Å². The predicted molar refractivity (Wildman–Crippen MR) is 85.4 cm³/mol. The molecule has 1 heterocycles. The second-order valence-corrected chi connectivity index (χ2v) is 5.39. The van der Waals surface area contributed by atoms with Crippen LogP contribution in [0.5, 0.6) is 0 Å². The van der Waals surface area contributed by atoms with Crippen LogP contribution in [-0.4, -0.2) is 60.5 Å². The van der Waals surface area contributed by atoms with Crippen LogP contribution in [0, 0.1) is 20.2 Å². The fraction of sp³-hybridized carbons (Fsp3) is 0.500. The third-order valence-corrected chi connectivity index (χ3v) is 3.79. The number of nitro benzene ring substituents is 2. The topological polar surface area (TPSA) is 119 Å². The number of carbonyl (C=O) groups is 1. The Morgan fingerprint density at radius 1 is 1.12 bits per heavy atom. The third kappa shape index (κ3) is 3.59. The van der Waals surface area contributed by atoms with E-state index >= 15 is 0 Å². The maximum absolute atomic E-state index is 11.8. The van der Waals surface area contributed by atoms with Crippen molar-refractivity contribution in [2.75, 3.05) is 44.7 Å². The molecule has 2 rings (SSSR count). The van der Waals surface area contributed by atoms with Gasteiger partial charge in [-0.3, -0.25) is 20.2 Å². The van der Waals surface area contributed by atoms with Crippen molar-refractivity contribution in [1.82, 2.24) is 4.90 Å². The molecule has 0 saturated carbocycles. The van der Waals surface area contributed by atoms with Crippen molar-refractivity contribution >= 4 is 23.0 Å². The summed E-state index contributed by atoms with van der Waals surface area (Å²) >= 11 is 0. The average molecular weight is 338 g/mol. The maximum Gasteiger partial charge on any atom is 0.338 e. The van der Waals surface area contributed by atoms with Crippen LogP contribution in [0.15, 0.2) is 12.1 Å². The molecule has 1 aliphatic rings. The van der Waals surface area contributed by atoms with Crippen molar-refractivity contribution in [3.8, 4) is 0 Å². The first-order valence-corrected chi connectivity index (χ1v) is 7.42. The first-order chi connectivity index (χ1) is 11.3. The summed E-state index contributed by atoms with van der Waals surface area (Å²) in [7, 11) is 1.91. The third-order valence-electron chi connectivity index (χ3n) is 3.79. The summed E-state index contributed by atoms with van der Waals surface area (Å²) in [5, 5.41) is 22.9. The van der Waals surface area contributed by atoms with Crippen molar-refractivity contribution in [1.29, 1.82) is 0 Å². The molecule has 1 aromatic carbocycles. The summed E-state index contributed by atoms with van der Waals surface area (Å²) in [4.78, 5) is 36.9. The van der Waals surface area contributed by atoms with E-state index in [9.17, 15) is 25.0 Å². The van der Waals surface area contributed by atoms with Crippen LogP contribution in [0.2, 0.25) is 0 Å². The highest BCUT2D eigenvalue weighted by molar-refractivity contribution is 5.94. The second-order valence-electron chi connectivity index (χ2n) is 5.39. The molecule has 1 saturated heterocycles. The molecule has 1 aromatic rings. The van der Waals surface area contributed by atoms with Gasteiger partial charge in [-0.1, -0.05) is 0 Å². The zero-order chi connectivity index (χ0) is 17.9. The summed E-state index contributed by atoms with van der Waals surface area (Å²) in [6.07, 6.45) is 0. The van der Waals surface area contributed by atoms with Crippen molar-refractivity contribution in [3.63, 3.8) is 0 Å². The standard InChI is InChI=1S/C14H18N4O6/c1-3-24-14(19)10-8-11(17(20)21)13(12(9-10)18(22)23)16-6-4-15(2)5-7-16/h8-9H,3-7H2,1-2H3. The average Bonchev–Trinajstić information content (AvgIpc) is 2.54. The van der Waals surface area contributed by atoms with Crippen LogP contribution in [0.4, 0.5) is 17.1 Å². The van der Waals surface area contributed by atoms with Gasteiger partial charge in [0.25, 0.3) is 0 Å². The normalized spacial score (nSPS) is 15.2. The summed E-state index contributed by atoms with van der Waals surface area (Å²) in [6, 6.07) is 2.08. The fourth-order valence-electron chi connectivity index (χ4n) is 2.57. The number of anilines is 1. The van der Waals surface area contributed by atoms with Crippen LogP contribution in [0.3, 0.4) is 0 Å². The first kappa shape index (κ1) is 17.6. The molecular weight excluding hydrogens is 320 g/mol. The van der Waals surface area contributed by atoms with E-state index in [0.717, 1.165) is 12.1 Å². The Labute approximate surface area is 137 Å². The van der Waals surface area contributed by atoms with E-state index < -0.39 is 27.2 Å². The summed E-state index contributed by atoms with van der Waals surface area (Å²) in [5.74, 6) is -0.825. The zero-order valence-electron chi connectivity index (χ0n) is 13.4. The molecule has 10 heteroatoms. The highest BCUT2D eigenvalue weighted by atomic mass is 16.6. The Hall–Kier alpha value is -2.75. The smallest absolute Gasteiger partial charge is 0.338 e. The number of ether oxygens (including phenoxy) is 1. The minimum Gasteiger partial charge on any atom is -0.462 e. The Morgan fingerprint density at radius 3 is 2.04 bits per heavy atom. The van der Waals surface area contributed by atoms with Crippen LogP contribution in [0.1, 0.15) is 17.3 Å². The van der Waals surface area contributed by atoms with Crippen LogP contribution >= 0.6 is 0 Å². The van der Waals surface area contributed by atoms with Crippen LogP contribution in [-0.2, 0) is 4.74 Å². The van der Waals surface area contributed by atoms with E-state index in [1.807, 2.05) is 11.9 Å². The number of esters is 1. The van der Waals surface area contributed by atoms with Gasteiger partial charge in [0.2, 0.25) is 0 Å². The number of benzene rings is 1. The molecule has 0 aliphatic carbocycles. The van der Waals surface area contributed by atoms with Crippen LogP contribution < -0.4 is 4.90 Å². The highest BCUT2D eigenvalue weighted by Gasteiger charge is 2.33. The van der Waals surface area contributed by atoms with Gasteiger partial charge in [0.1, 0.15) is 0 Å². The van der Waals surface area contributed by atoms with E-state index in [4.69, 9.17) is 4.74 Å². The molecule has 0 N–H and O–H groups in total. The number of rotatable bonds is 5. The molecular formula is C14H18N4O6. The predicted octanol–water partition coefficient (Wildman–Crippen LogP) is 1.43. The van der Waals surface area contributed by atoms with E-state index in [0.29, 0.717) is 26.2 Å². The van der Waals surface area contributed by atoms with Gasteiger partial charge in [-0.25, -0.2) is 4.79 Å². The molecule has 130 valence electrons. The Bertz CT molecular complexity index is 634. The van der Waals surface area contributed by atoms with Gasteiger partial charge in [0, 0.05) is 38.3 Å². The summed E-state index contributed by atoms with van der Waals surface area (Å²) in [6.45, 7) is 3.77. The lowest BCUT2D eigenvalue weighted by Gasteiger charge is -2.33. The van der Waals surface area contributed by atoms with E-state index in [1.165, 1.54) is 0 Å². The Kier molecular flexibility index (Phi) is 5.29. The van der Waals surface area contributed by atoms with Crippen molar-refractivity contribution < 1.29 is 19.4 Å². The molecule has 1 fully saturated rings. The molecule has 24 heavy (non-hydrogen) atoms. The van der Waals surface area contributed by atoms with Gasteiger partial charge in [0.05, 0.1) is 22.0 Å². The molecule has 0 atom stereocenters. The van der Waals surface area contributed by atoms with Gasteiger partial charge in [-0.05, 0) is 14.0 Å². The van der Waals surface area contributed by atoms with Crippen molar-refractivity contribution in [3.05, 3.63) is 37.9 Å². The maximum atomic E-state index is 11.8. The molecule has 1 aliphatic heterocycles. The molecule has 10 nitrogen and oxygen atoms in total. The van der Waals surface area contributed by atoms with Gasteiger partial charge in [-0.2, -0.15) is 0 Å². The molecule has 0 unspecified atom stereocenters. The number of hydrogen-bond acceptors (Lipinski definition) is 8.